The summed E-state index contributed by atoms with van der Waals surface area (Å²) in [6.07, 6.45) is 3.76. The molecule has 0 amide bonds. The van der Waals surface area contributed by atoms with Gasteiger partial charge >= 0.3 is 0 Å². The Morgan fingerprint density at radius 1 is 0.769 bits per heavy atom. The van der Waals surface area contributed by atoms with Crippen LogP contribution in [0.1, 0.15) is 16.7 Å². The Labute approximate surface area is 155 Å². The van der Waals surface area contributed by atoms with Gasteiger partial charge in [-0.25, -0.2) is 8.42 Å². The zero-order valence-electron chi connectivity index (χ0n) is 14.5. The van der Waals surface area contributed by atoms with Crippen molar-refractivity contribution in [3.63, 3.8) is 0 Å². The van der Waals surface area contributed by atoms with Gasteiger partial charge in [-0.05, 0) is 35.8 Å². The highest BCUT2D eigenvalue weighted by Gasteiger charge is 2.12. The predicted octanol–water partition coefficient (Wildman–Crippen LogP) is 5.52. The van der Waals surface area contributed by atoms with Crippen molar-refractivity contribution in [2.75, 3.05) is 0 Å². The van der Waals surface area contributed by atoms with Crippen LogP contribution in [0, 0.1) is 6.92 Å². The summed E-state index contributed by atoms with van der Waals surface area (Å²) in [5.74, 6) is 0. The summed E-state index contributed by atoms with van der Waals surface area (Å²) in [6, 6.07) is 26.3. The van der Waals surface area contributed by atoms with E-state index in [4.69, 9.17) is 0 Å². The SMILES string of the molecule is Cc1ccc(S(=O)(=O)/C=C(/C=C\c2ccccc2)c2ccccc2)cc1. The molecule has 0 aliphatic heterocycles. The van der Waals surface area contributed by atoms with Gasteiger partial charge in [0.2, 0.25) is 0 Å². The summed E-state index contributed by atoms with van der Waals surface area (Å²) < 4.78 is 25.7. The van der Waals surface area contributed by atoms with E-state index >= 15 is 0 Å². The lowest BCUT2D eigenvalue weighted by molar-refractivity contribution is 0.604. The Morgan fingerprint density at radius 3 is 1.96 bits per heavy atom. The molecule has 3 rings (SSSR count). The van der Waals surface area contributed by atoms with E-state index in [0.29, 0.717) is 10.5 Å². The molecule has 0 fully saturated rings. The predicted molar refractivity (Wildman–Crippen MR) is 108 cm³/mol. The number of allylic oxidation sites excluding steroid dienone is 2. The van der Waals surface area contributed by atoms with Gasteiger partial charge in [0, 0.05) is 5.41 Å². The van der Waals surface area contributed by atoms with E-state index in [0.717, 1.165) is 16.7 Å². The Balaban J connectivity index is 2.04. The van der Waals surface area contributed by atoms with Gasteiger partial charge in [0.05, 0.1) is 4.90 Å². The van der Waals surface area contributed by atoms with Gasteiger partial charge < -0.3 is 0 Å². The van der Waals surface area contributed by atoms with Gasteiger partial charge in [0.1, 0.15) is 0 Å². The lowest BCUT2D eigenvalue weighted by Crippen LogP contribution is -1.98. The number of sulfone groups is 1. The second kappa shape index (κ2) is 7.98. The van der Waals surface area contributed by atoms with E-state index in [9.17, 15) is 8.42 Å². The molecular weight excluding hydrogens is 340 g/mol. The van der Waals surface area contributed by atoms with Crippen LogP contribution in [-0.2, 0) is 9.84 Å². The summed E-state index contributed by atoms with van der Waals surface area (Å²) in [5, 5.41) is 1.34. The molecule has 3 aromatic carbocycles. The van der Waals surface area contributed by atoms with Crippen molar-refractivity contribution in [1.29, 1.82) is 0 Å². The molecule has 130 valence electrons. The summed E-state index contributed by atoms with van der Waals surface area (Å²) in [7, 11) is -3.54. The Kier molecular flexibility index (Phi) is 5.49. The van der Waals surface area contributed by atoms with Crippen molar-refractivity contribution in [2.45, 2.75) is 11.8 Å². The molecule has 26 heavy (non-hydrogen) atoms. The van der Waals surface area contributed by atoms with Crippen LogP contribution in [0.5, 0.6) is 0 Å². The minimum atomic E-state index is -3.54. The minimum Gasteiger partial charge on any atom is -0.219 e. The van der Waals surface area contributed by atoms with Crippen LogP contribution in [0.25, 0.3) is 11.6 Å². The molecule has 0 aromatic heterocycles. The molecule has 0 bridgehead atoms. The second-order valence-corrected chi connectivity index (χ2v) is 7.84. The molecule has 0 unspecified atom stereocenters. The van der Waals surface area contributed by atoms with E-state index in [1.54, 1.807) is 12.1 Å². The average molecular weight is 360 g/mol. The van der Waals surface area contributed by atoms with Gasteiger partial charge in [-0.15, -0.1) is 0 Å². The first-order chi connectivity index (χ1) is 12.5. The molecule has 0 atom stereocenters. The monoisotopic (exact) mass is 360 g/mol. The van der Waals surface area contributed by atoms with E-state index in [2.05, 4.69) is 0 Å². The molecule has 3 aromatic rings. The van der Waals surface area contributed by atoms with E-state index in [1.165, 1.54) is 5.41 Å². The standard InChI is InChI=1S/C23H20O2S/c1-19-12-16-23(17-13-19)26(24,25)18-22(21-10-6-3-7-11-21)15-14-20-8-4-2-5-9-20/h2-18H,1H3/b15-14-,22-18-. The number of hydrogen-bond donors (Lipinski definition) is 0. The highest BCUT2D eigenvalue weighted by atomic mass is 32.2. The first-order valence-corrected chi connectivity index (χ1v) is 9.91. The van der Waals surface area contributed by atoms with Crippen LogP contribution in [0.15, 0.2) is 101 Å². The third kappa shape index (κ3) is 4.58. The molecule has 0 aliphatic rings. The normalized spacial score (nSPS) is 12.4. The fourth-order valence-electron chi connectivity index (χ4n) is 2.55. The number of benzene rings is 3. The van der Waals surface area contributed by atoms with Crippen LogP contribution in [0.2, 0.25) is 0 Å². The quantitative estimate of drug-likeness (QED) is 0.561. The largest absolute Gasteiger partial charge is 0.219 e. The van der Waals surface area contributed by atoms with Crippen LogP contribution in [-0.4, -0.2) is 8.42 Å². The smallest absolute Gasteiger partial charge is 0.200 e. The highest BCUT2D eigenvalue weighted by molar-refractivity contribution is 7.94. The summed E-state index contributed by atoms with van der Waals surface area (Å²) in [6.45, 7) is 1.93. The van der Waals surface area contributed by atoms with Gasteiger partial charge in [-0.3, -0.25) is 0 Å². The van der Waals surface area contributed by atoms with Gasteiger partial charge in [-0.2, -0.15) is 0 Å². The van der Waals surface area contributed by atoms with E-state index in [1.807, 2.05) is 91.9 Å². The number of rotatable bonds is 5. The zero-order chi connectivity index (χ0) is 18.4. The lowest BCUT2D eigenvalue weighted by Gasteiger charge is -2.05. The Bertz CT molecular complexity index is 1010. The van der Waals surface area contributed by atoms with E-state index < -0.39 is 9.84 Å². The second-order valence-electron chi connectivity index (χ2n) is 6.04. The van der Waals surface area contributed by atoms with Gasteiger partial charge in [-0.1, -0.05) is 90.5 Å². The van der Waals surface area contributed by atoms with Gasteiger partial charge in [0.25, 0.3) is 0 Å². The molecule has 0 radical (unpaired) electrons. The maximum absolute atomic E-state index is 12.8. The van der Waals surface area contributed by atoms with Crippen LogP contribution in [0.3, 0.4) is 0 Å². The van der Waals surface area contributed by atoms with Crippen molar-refractivity contribution < 1.29 is 8.42 Å². The van der Waals surface area contributed by atoms with Crippen LogP contribution >= 0.6 is 0 Å². The maximum Gasteiger partial charge on any atom is 0.200 e. The molecule has 0 N–H and O–H groups in total. The molecule has 0 saturated carbocycles. The summed E-state index contributed by atoms with van der Waals surface area (Å²) in [5.41, 5.74) is 3.55. The fraction of sp³-hybridized carbons (Fsp3) is 0.0435. The molecule has 2 nitrogen and oxygen atoms in total. The minimum absolute atomic E-state index is 0.296. The third-order valence-corrected chi connectivity index (χ3v) is 5.49. The topological polar surface area (TPSA) is 34.1 Å². The lowest BCUT2D eigenvalue weighted by atomic mass is 10.1. The van der Waals surface area contributed by atoms with Crippen molar-refractivity contribution in [3.05, 3.63) is 113 Å². The highest BCUT2D eigenvalue weighted by Crippen LogP contribution is 2.22. The molecular formula is C23H20O2S. The first-order valence-electron chi connectivity index (χ1n) is 8.37. The number of aryl methyl sites for hydroxylation is 1. The Hall–Kier alpha value is -2.91. The van der Waals surface area contributed by atoms with Crippen molar-refractivity contribution in [3.8, 4) is 0 Å². The van der Waals surface area contributed by atoms with Crippen molar-refractivity contribution >= 4 is 21.5 Å². The first kappa shape index (κ1) is 17.9. The van der Waals surface area contributed by atoms with Crippen LogP contribution in [0.4, 0.5) is 0 Å². The van der Waals surface area contributed by atoms with Crippen LogP contribution < -0.4 is 0 Å². The molecule has 0 spiro atoms. The fourth-order valence-corrected chi connectivity index (χ4v) is 3.75. The summed E-state index contributed by atoms with van der Waals surface area (Å²) in [4.78, 5) is 0.296. The molecule has 0 saturated heterocycles. The van der Waals surface area contributed by atoms with Crippen molar-refractivity contribution in [1.82, 2.24) is 0 Å². The Morgan fingerprint density at radius 2 is 1.35 bits per heavy atom. The van der Waals surface area contributed by atoms with E-state index in [-0.39, 0.29) is 0 Å². The number of hydrogen-bond acceptors (Lipinski definition) is 2. The van der Waals surface area contributed by atoms with Crippen molar-refractivity contribution in [2.24, 2.45) is 0 Å². The van der Waals surface area contributed by atoms with Gasteiger partial charge in [0.15, 0.2) is 9.84 Å². The maximum atomic E-state index is 12.8. The molecule has 0 aliphatic carbocycles. The average Bonchev–Trinajstić information content (AvgIpc) is 2.67. The third-order valence-electron chi connectivity index (χ3n) is 3.99. The summed E-state index contributed by atoms with van der Waals surface area (Å²) >= 11 is 0. The molecule has 3 heteroatoms. The zero-order valence-corrected chi connectivity index (χ0v) is 15.4. The molecule has 0 heterocycles.